The Morgan fingerprint density at radius 2 is 1.97 bits per heavy atom. The summed E-state index contributed by atoms with van der Waals surface area (Å²) in [4.78, 5) is 16.1. The van der Waals surface area contributed by atoms with Gasteiger partial charge < -0.3 is 5.32 Å². The van der Waals surface area contributed by atoms with Gasteiger partial charge in [0.05, 0.1) is 17.0 Å². The van der Waals surface area contributed by atoms with Gasteiger partial charge in [0.15, 0.2) is 0 Å². The molecule has 0 radical (unpaired) electrons. The number of carbonyl (C=O) groups excluding carboxylic acids is 1. The predicted octanol–water partition coefficient (Wildman–Crippen LogP) is 4.46. The third-order valence-electron chi connectivity index (χ3n) is 4.75. The molecule has 1 heterocycles. The van der Waals surface area contributed by atoms with Crippen molar-refractivity contribution in [3.8, 4) is 12.1 Å². The molecule has 12 heteroatoms. The molecule has 0 spiro atoms. The Labute approximate surface area is 171 Å². The van der Waals surface area contributed by atoms with Gasteiger partial charge in [0, 0.05) is 24.4 Å². The smallest absolute Gasteiger partial charge is 0.300 e. The van der Waals surface area contributed by atoms with Crippen molar-refractivity contribution in [2.75, 3.05) is 5.32 Å². The fourth-order valence-electron chi connectivity index (χ4n) is 3.42. The second-order valence-corrected chi connectivity index (χ2v) is 7.53. The maximum absolute atomic E-state index is 13.8. The summed E-state index contributed by atoms with van der Waals surface area (Å²) < 4.78 is 68.7. The summed E-state index contributed by atoms with van der Waals surface area (Å²) in [6.07, 6.45) is -5.80. The molecule has 1 aliphatic carbocycles. The first-order valence-electron chi connectivity index (χ1n) is 8.58. The Bertz CT molecular complexity index is 1050. The van der Waals surface area contributed by atoms with Gasteiger partial charge in [-0.25, -0.2) is 8.78 Å². The molecule has 0 saturated heterocycles. The molecule has 3 rings (SSSR count). The molecule has 1 aromatic carbocycles. The SMILES string of the molecule is N#Cc1ccc([C@@H](C(=O)Nc2nc(C(F)(F)F)ns2)[C@@H]2CCC(F)(F)C2)cc1C#N. The molecule has 2 atom stereocenters. The normalized spacial score (nSPS) is 19.0. The molecule has 2 aromatic rings. The number of halogens is 5. The number of amides is 1. The van der Waals surface area contributed by atoms with Gasteiger partial charge >= 0.3 is 6.18 Å². The highest BCUT2D eigenvalue weighted by Crippen LogP contribution is 2.46. The van der Waals surface area contributed by atoms with E-state index in [-0.39, 0.29) is 23.1 Å². The third kappa shape index (κ3) is 4.54. The monoisotopic (exact) mass is 441 g/mol. The zero-order chi connectivity index (χ0) is 22.1. The van der Waals surface area contributed by atoms with Crippen LogP contribution in [-0.4, -0.2) is 21.2 Å². The summed E-state index contributed by atoms with van der Waals surface area (Å²) in [5.74, 6) is -7.21. The number of aromatic nitrogens is 2. The van der Waals surface area contributed by atoms with E-state index in [1.54, 1.807) is 0 Å². The van der Waals surface area contributed by atoms with Crippen LogP contribution in [0.2, 0.25) is 0 Å². The number of benzene rings is 1. The number of anilines is 1. The fourth-order valence-corrected chi connectivity index (χ4v) is 4.02. The molecule has 0 aliphatic heterocycles. The van der Waals surface area contributed by atoms with E-state index in [1.807, 2.05) is 12.1 Å². The van der Waals surface area contributed by atoms with Crippen molar-refractivity contribution >= 4 is 22.6 Å². The van der Waals surface area contributed by atoms with E-state index in [2.05, 4.69) is 14.7 Å². The molecule has 1 N–H and O–H groups in total. The van der Waals surface area contributed by atoms with Gasteiger partial charge in [0.1, 0.15) is 12.1 Å². The van der Waals surface area contributed by atoms with E-state index in [4.69, 9.17) is 5.26 Å². The Morgan fingerprint density at radius 1 is 1.27 bits per heavy atom. The standard InChI is InChI=1S/C18H12F5N5OS/c19-17(20)4-3-10(6-17)13(9-1-2-11(7-24)12(5-9)8-25)14(29)26-16-27-15(28-30-16)18(21,22)23/h1-2,5,10,13H,3-4,6H2,(H,26,27,28,29)/t10-,13-/m1/s1. The number of nitriles is 2. The van der Waals surface area contributed by atoms with Gasteiger partial charge in [-0.3, -0.25) is 4.79 Å². The number of hydrogen-bond acceptors (Lipinski definition) is 6. The van der Waals surface area contributed by atoms with Crippen LogP contribution in [0.25, 0.3) is 0 Å². The summed E-state index contributed by atoms with van der Waals surface area (Å²) in [5.41, 5.74) is 0.232. The highest BCUT2D eigenvalue weighted by molar-refractivity contribution is 7.09. The molecular weight excluding hydrogens is 429 g/mol. The minimum Gasteiger partial charge on any atom is -0.300 e. The van der Waals surface area contributed by atoms with Crippen molar-refractivity contribution in [1.29, 1.82) is 10.5 Å². The molecule has 156 valence electrons. The summed E-state index contributed by atoms with van der Waals surface area (Å²) in [6.45, 7) is 0. The molecule has 0 unspecified atom stereocenters. The van der Waals surface area contributed by atoms with Crippen molar-refractivity contribution in [1.82, 2.24) is 9.36 Å². The highest BCUT2D eigenvalue weighted by atomic mass is 32.1. The summed E-state index contributed by atoms with van der Waals surface area (Å²) in [7, 11) is 0. The molecule has 1 aromatic heterocycles. The Morgan fingerprint density at radius 3 is 2.50 bits per heavy atom. The van der Waals surface area contributed by atoms with Crippen LogP contribution in [0.1, 0.15) is 47.7 Å². The number of carbonyl (C=O) groups is 1. The quantitative estimate of drug-likeness (QED) is 0.706. The van der Waals surface area contributed by atoms with Crippen LogP contribution in [0.4, 0.5) is 27.1 Å². The maximum Gasteiger partial charge on any atom is 0.452 e. The molecule has 0 bridgehead atoms. The fraction of sp³-hybridized carbons (Fsp3) is 0.389. The molecule has 1 amide bonds. The van der Waals surface area contributed by atoms with Crippen LogP contribution in [0, 0.1) is 28.6 Å². The summed E-state index contributed by atoms with van der Waals surface area (Å²) in [5, 5.41) is 20.1. The van der Waals surface area contributed by atoms with Gasteiger partial charge in [-0.2, -0.15) is 33.1 Å². The van der Waals surface area contributed by atoms with Gasteiger partial charge in [0.2, 0.25) is 22.8 Å². The Kier molecular flexibility index (Phi) is 5.72. The molecular formula is C18H12F5N5OS. The zero-order valence-corrected chi connectivity index (χ0v) is 15.8. The minimum atomic E-state index is -4.79. The van der Waals surface area contributed by atoms with E-state index >= 15 is 0 Å². The zero-order valence-electron chi connectivity index (χ0n) is 15.0. The second-order valence-electron chi connectivity index (χ2n) is 6.78. The van der Waals surface area contributed by atoms with Crippen LogP contribution >= 0.6 is 11.5 Å². The van der Waals surface area contributed by atoms with Gasteiger partial charge in [-0.15, -0.1) is 0 Å². The lowest BCUT2D eigenvalue weighted by Gasteiger charge is -2.23. The number of hydrogen-bond donors (Lipinski definition) is 1. The van der Waals surface area contributed by atoms with Crippen molar-refractivity contribution in [3.63, 3.8) is 0 Å². The van der Waals surface area contributed by atoms with Gasteiger partial charge in [0.25, 0.3) is 0 Å². The van der Waals surface area contributed by atoms with Gasteiger partial charge in [-0.1, -0.05) is 6.07 Å². The molecule has 30 heavy (non-hydrogen) atoms. The average molecular weight is 441 g/mol. The number of rotatable bonds is 4. The lowest BCUT2D eigenvalue weighted by Crippen LogP contribution is -2.27. The first-order chi connectivity index (χ1) is 14.0. The predicted molar refractivity (Wildman–Crippen MR) is 94.4 cm³/mol. The maximum atomic E-state index is 13.8. The lowest BCUT2D eigenvalue weighted by atomic mass is 9.83. The van der Waals surface area contributed by atoms with E-state index in [9.17, 15) is 32.0 Å². The number of nitrogens with one attached hydrogen (secondary N) is 1. The van der Waals surface area contributed by atoms with Crippen molar-refractivity contribution in [2.45, 2.75) is 37.3 Å². The highest BCUT2D eigenvalue weighted by Gasteiger charge is 2.45. The minimum absolute atomic E-state index is 0.0108. The van der Waals surface area contributed by atoms with E-state index < -0.39 is 53.6 Å². The molecule has 1 fully saturated rings. The number of alkyl halides is 5. The van der Waals surface area contributed by atoms with Crippen LogP contribution < -0.4 is 5.32 Å². The van der Waals surface area contributed by atoms with E-state index in [0.29, 0.717) is 11.5 Å². The van der Waals surface area contributed by atoms with Crippen molar-refractivity contribution in [2.24, 2.45) is 5.92 Å². The second kappa shape index (κ2) is 7.95. The Hall–Kier alpha value is -3.12. The molecule has 1 saturated carbocycles. The van der Waals surface area contributed by atoms with E-state index in [0.717, 1.165) is 0 Å². The topological polar surface area (TPSA) is 102 Å². The van der Waals surface area contributed by atoms with E-state index in [1.165, 1.54) is 18.2 Å². The average Bonchev–Trinajstić information content (AvgIpc) is 3.28. The van der Waals surface area contributed by atoms with Crippen LogP contribution in [0.3, 0.4) is 0 Å². The number of nitrogens with zero attached hydrogens (tertiary/aromatic N) is 4. The summed E-state index contributed by atoms with van der Waals surface area (Å²) in [6, 6.07) is 7.56. The lowest BCUT2D eigenvalue weighted by molar-refractivity contribution is -0.144. The summed E-state index contributed by atoms with van der Waals surface area (Å²) >= 11 is 0.317. The molecule has 6 nitrogen and oxygen atoms in total. The van der Waals surface area contributed by atoms with Crippen molar-refractivity contribution in [3.05, 3.63) is 40.7 Å². The van der Waals surface area contributed by atoms with Gasteiger partial charge in [-0.05, 0) is 30.0 Å². The van der Waals surface area contributed by atoms with Crippen LogP contribution in [-0.2, 0) is 11.0 Å². The van der Waals surface area contributed by atoms with Crippen molar-refractivity contribution < 1.29 is 26.7 Å². The first kappa shape index (κ1) is 21.6. The van der Waals surface area contributed by atoms with Crippen LogP contribution in [0.5, 0.6) is 0 Å². The first-order valence-corrected chi connectivity index (χ1v) is 9.35. The Balaban J connectivity index is 1.94. The largest absolute Gasteiger partial charge is 0.452 e. The third-order valence-corrected chi connectivity index (χ3v) is 5.38. The van der Waals surface area contributed by atoms with Crippen LogP contribution in [0.15, 0.2) is 18.2 Å². The molecule has 1 aliphatic rings.